The smallest absolute Gasteiger partial charge is 0.402 e. The van der Waals surface area contributed by atoms with Gasteiger partial charge in [-0.3, -0.25) is 14.4 Å². The van der Waals surface area contributed by atoms with Crippen LogP contribution in [0.15, 0.2) is 47.3 Å². The summed E-state index contributed by atoms with van der Waals surface area (Å²) in [5, 5.41) is 26.8. The zero-order valence-corrected chi connectivity index (χ0v) is 23.2. The second-order valence-electron chi connectivity index (χ2n) is 10.6. The molecule has 0 saturated carbocycles. The van der Waals surface area contributed by atoms with Crippen LogP contribution in [0.1, 0.15) is 54.0 Å². The molecule has 0 spiro atoms. The van der Waals surface area contributed by atoms with Crippen LogP contribution in [0.4, 0.5) is 24.8 Å². The lowest BCUT2D eigenvalue weighted by atomic mass is 9.93. The van der Waals surface area contributed by atoms with Crippen molar-refractivity contribution in [1.82, 2.24) is 40.2 Å². The highest BCUT2D eigenvalue weighted by Crippen LogP contribution is 2.39. The zero-order valence-electron chi connectivity index (χ0n) is 23.2. The molecule has 1 atom stereocenters. The number of aliphatic hydroxyl groups is 1. The van der Waals surface area contributed by atoms with Gasteiger partial charge < -0.3 is 20.2 Å². The average Bonchev–Trinajstić information content (AvgIpc) is 3.56. The van der Waals surface area contributed by atoms with Gasteiger partial charge in [-0.15, -0.1) is 10.2 Å². The number of halogens is 3. The van der Waals surface area contributed by atoms with Gasteiger partial charge in [0.15, 0.2) is 0 Å². The molecule has 0 unspecified atom stereocenters. The van der Waals surface area contributed by atoms with Gasteiger partial charge in [0.1, 0.15) is 5.41 Å². The maximum Gasteiger partial charge on any atom is 0.402 e. The largest absolute Gasteiger partial charge is 0.416 e. The number of alkyl halides is 3. The van der Waals surface area contributed by atoms with Crippen molar-refractivity contribution in [3.05, 3.63) is 65.8 Å². The van der Waals surface area contributed by atoms with Crippen LogP contribution in [0.2, 0.25) is 0 Å². The van der Waals surface area contributed by atoms with E-state index < -0.39 is 35.3 Å². The first kappa shape index (κ1) is 29.1. The number of carbonyl (C=O) groups excluding carboxylic acids is 1. The molecule has 15 heteroatoms. The van der Waals surface area contributed by atoms with Crippen LogP contribution in [0.3, 0.4) is 0 Å². The van der Waals surface area contributed by atoms with Gasteiger partial charge >= 0.3 is 18.0 Å². The van der Waals surface area contributed by atoms with Crippen LogP contribution in [0.25, 0.3) is 11.3 Å². The molecule has 1 amide bonds. The minimum absolute atomic E-state index is 0.0406. The molecule has 5 rings (SSSR count). The number of fused-ring (bicyclic) bond motifs is 1. The first-order valence-electron chi connectivity index (χ1n) is 13.2. The lowest BCUT2D eigenvalue weighted by Crippen LogP contribution is -2.36. The first-order valence-corrected chi connectivity index (χ1v) is 13.2. The van der Waals surface area contributed by atoms with Gasteiger partial charge in [0, 0.05) is 44.6 Å². The molecule has 0 aliphatic carbocycles. The van der Waals surface area contributed by atoms with Crippen molar-refractivity contribution >= 4 is 17.5 Å². The third-order valence-electron chi connectivity index (χ3n) is 7.14. The van der Waals surface area contributed by atoms with Crippen LogP contribution < -0.4 is 10.6 Å². The second-order valence-corrected chi connectivity index (χ2v) is 10.6. The molecular weight excluding hydrogens is 555 g/mol. The average molecular weight is 586 g/mol. The molecule has 4 aromatic rings. The van der Waals surface area contributed by atoms with Crippen LogP contribution in [-0.4, -0.2) is 71.7 Å². The fourth-order valence-corrected chi connectivity index (χ4v) is 4.61. The highest BCUT2D eigenvalue weighted by molar-refractivity contribution is 5.89. The minimum Gasteiger partial charge on any atom is -0.416 e. The molecular formula is C27H30F3N9O3. The van der Waals surface area contributed by atoms with Crippen molar-refractivity contribution < 1.29 is 27.5 Å². The van der Waals surface area contributed by atoms with E-state index in [0.717, 1.165) is 36.2 Å². The molecule has 3 aromatic heterocycles. The minimum atomic E-state index is -4.64. The monoisotopic (exact) mass is 585 g/mol. The molecule has 12 nitrogen and oxygen atoms in total. The number of rotatable bonds is 8. The molecule has 0 bridgehead atoms. The van der Waals surface area contributed by atoms with Gasteiger partial charge in [-0.1, -0.05) is 12.1 Å². The zero-order chi connectivity index (χ0) is 30.1. The molecule has 0 fully saturated rings. The van der Waals surface area contributed by atoms with Crippen molar-refractivity contribution in [2.45, 2.75) is 44.4 Å². The summed E-state index contributed by atoms with van der Waals surface area (Å²) in [4.78, 5) is 24.0. The maximum absolute atomic E-state index is 13.4. The van der Waals surface area contributed by atoms with E-state index in [4.69, 9.17) is 4.42 Å². The Hall–Kier alpha value is -4.37. The van der Waals surface area contributed by atoms with Crippen molar-refractivity contribution in [2.24, 2.45) is 7.05 Å². The summed E-state index contributed by atoms with van der Waals surface area (Å²) in [5.41, 5.74) is 1.54. The number of anilines is 2. The number of aryl methyl sites for hydroxylation is 1. The number of aliphatic hydroxyl groups excluding tert-OH is 1. The lowest BCUT2D eigenvalue weighted by Gasteiger charge is -2.23. The summed E-state index contributed by atoms with van der Waals surface area (Å²) in [6, 6.07) is 7.03. The van der Waals surface area contributed by atoms with Crippen LogP contribution >= 0.6 is 0 Å². The Bertz CT molecular complexity index is 1570. The lowest BCUT2D eigenvalue weighted by molar-refractivity contribution is -0.186. The highest BCUT2D eigenvalue weighted by atomic mass is 19.4. The quantitative estimate of drug-likeness (QED) is 0.281. The molecule has 1 aliphatic heterocycles. The number of β-amino-alcohol motifs (C(OH)–C–C–N with tert-alkyl or cyclic N) is 1. The third kappa shape index (κ3) is 6.11. The van der Waals surface area contributed by atoms with Gasteiger partial charge in [0.05, 0.1) is 30.2 Å². The molecule has 4 heterocycles. The fourth-order valence-electron chi connectivity index (χ4n) is 4.61. The highest BCUT2D eigenvalue weighted by Gasteiger charge is 2.52. The number of nitrogens with zero attached hydrogens (tertiary/aromatic N) is 7. The number of hydrogen-bond acceptors (Lipinski definition) is 10. The van der Waals surface area contributed by atoms with E-state index in [0.29, 0.717) is 37.7 Å². The van der Waals surface area contributed by atoms with E-state index in [1.54, 1.807) is 29.3 Å². The van der Waals surface area contributed by atoms with Crippen molar-refractivity contribution in [1.29, 1.82) is 0 Å². The number of aromatic nitrogens is 6. The van der Waals surface area contributed by atoms with Crippen LogP contribution in [0.5, 0.6) is 0 Å². The standard InChI is InChI=1S/C27H30F3N9O3/c1-26(2,27(28,29)30)24-37-36-23(42-24)22(41)34-21-7-9-39(10-11-40)14-17-12-16(4-5-19(17)21)20-6-8-31-25(35-20)33-18-13-32-38(3)15-18/h4-6,8,12-13,15,21,40H,7,9-11,14H2,1-3H3,(H,34,41)(H,31,33,35)/t21-/m0/s1. The summed E-state index contributed by atoms with van der Waals surface area (Å²) in [7, 11) is 1.81. The van der Waals surface area contributed by atoms with Crippen LogP contribution in [-0.2, 0) is 19.0 Å². The molecule has 222 valence electrons. The summed E-state index contributed by atoms with van der Waals surface area (Å²) in [6.45, 7) is 3.27. The number of benzene rings is 1. The predicted molar refractivity (Wildman–Crippen MR) is 145 cm³/mol. The Kier molecular flexibility index (Phi) is 7.97. The summed E-state index contributed by atoms with van der Waals surface area (Å²) in [5.74, 6) is -1.62. The van der Waals surface area contributed by atoms with Gasteiger partial charge in [0.25, 0.3) is 0 Å². The molecule has 42 heavy (non-hydrogen) atoms. The summed E-state index contributed by atoms with van der Waals surface area (Å²) < 4.78 is 47.1. The topological polar surface area (TPSA) is 147 Å². The number of carbonyl (C=O) groups is 1. The third-order valence-corrected chi connectivity index (χ3v) is 7.14. The summed E-state index contributed by atoms with van der Waals surface area (Å²) >= 11 is 0. The van der Waals surface area contributed by atoms with E-state index in [9.17, 15) is 23.1 Å². The van der Waals surface area contributed by atoms with Crippen molar-refractivity contribution in [2.75, 3.05) is 25.0 Å². The Morgan fingerprint density at radius 1 is 1.21 bits per heavy atom. The van der Waals surface area contributed by atoms with Gasteiger partial charge in [-0.25, -0.2) is 9.97 Å². The Labute approximate surface area is 239 Å². The second kappa shape index (κ2) is 11.5. The number of hydrogen-bond donors (Lipinski definition) is 3. The van der Waals surface area contributed by atoms with Crippen molar-refractivity contribution in [3.63, 3.8) is 0 Å². The van der Waals surface area contributed by atoms with E-state index in [1.165, 1.54) is 0 Å². The van der Waals surface area contributed by atoms with E-state index in [1.807, 2.05) is 25.2 Å². The van der Waals surface area contributed by atoms with E-state index in [2.05, 4.69) is 40.8 Å². The van der Waals surface area contributed by atoms with Crippen LogP contribution in [0, 0.1) is 0 Å². The Balaban J connectivity index is 1.40. The molecule has 1 aliphatic rings. The fraction of sp³-hybridized carbons (Fsp3) is 0.407. The normalized spacial score (nSPS) is 16.1. The SMILES string of the molecule is Cn1cc(Nc2nccc(-c3ccc4c(c3)CN(CCO)CC[C@@H]4NC(=O)c3nnc(C(C)(C)C(F)(F)F)o3)n2)cn1. The Morgan fingerprint density at radius 2 is 2.02 bits per heavy atom. The molecule has 1 aromatic carbocycles. The van der Waals surface area contributed by atoms with Gasteiger partial charge in [0.2, 0.25) is 11.8 Å². The summed E-state index contributed by atoms with van der Waals surface area (Å²) in [6.07, 6.45) is 0.955. The van der Waals surface area contributed by atoms with Gasteiger partial charge in [-0.2, -0.15) is 18.3 Å². The molecule has 0 saturated heterocycles. The van der Waals surface area contributed by atoms with Crippen molar-refractivity contribution in [3.8, 4) is 11.3 Å². The molecule has 0 radical (unpaired) electrons. The van der Waals surface area contributed by atoms with E-state index in [-0.39, 0.29) is 6.61 Å². The van der Waals surface area contributed by atoms with Gasteiger partial charge in [-0.05, 0) is 43.5 Å². The number of amides is 1. The maximum atomic E-state index is 13.4. The first-order chi connectivity index (χ1) is 19.9. The predicted octanol–water partition coefficient (Wildman–Crippen LogP) is 3.51. The number of nitrogens with one attached hydrogen (secondary N) is 2. The van der Waals surface area contributed by atoms with E-state index >= 15 is 0 Å². The molecule has 3 N–H and O–H groups in total. The Morgan fingerprint density at radius 3 is 2.74 bits per heavy atom.